The number of para-hydroxylation sites is 2. The third-order valence-corrected chi connectivity index (χ3v) is 5.97. The van der Waals surface area contributed by atoms with E-state index in [1.165, 1.54) is 12.1 Å². The summed E-state index contributed by atoms with van der Waals surface area (Å²) in [7, 11) is 0. The molecule has 0 fully saturated rings. The van der Waals surface area contributed by atoms with E-state index in [0.717, 1.165) is 50.9 Å². The smallest absolute Gasteiger partial charge is 0.353 e. The van der Waals surface area contributed by atoms with E-state index in [1.54, 1.807) is 0 Å². The van der Waals surface area contributed by atoms with Crippen molar-refractivity contribution >= 4 is 33.4 Å². The van der Waals surface area contributed by atoms with Crippen LogP contribution in [0.5, 0.6) is 0 Å². The summed E-state index contributed by atoms with van der Waals surface area (Å²) in [6.45, 7) is 0. The number of anilines is 1. The molecule has 0 aliphatic rings. The van der Waals surface area contributed by atoms with Crippen LogP contribution in [0.15, 0.2) is 84.9 Å². The SMILES string of the molecule is O=C(CCCc1c(-c2ccc3ccccc3n2)[nH]c2ccccc12)Nc1cccc(C(F)(F)F)c1. The van der Waals surface area contributed by atoms with Gasteiger partial charge in [0.25, 0.3) is 0 Å². The van der Waals surface area contributed by atoms with Crippen LogP contribution in [-0.2, 0) is 17.4 Å². The van der Waals surface area contributed by atoms with E-state index in [-0.39, 0.29) is 18.0 Å². The van der Waals surface area contributed by atoms with Crippen molar-refractivity contribution in [2.24, 2.45) is 0 Å². The number of alkyl halides is 3. The highest BCUT2D eigenvalue weighted by Gasteiger charge is 2.30. The predicted molar refractivity (Wildman–Crippen MR) is 132 cm³/mol. The molecular formula is C28H22F3N3O. The second-order valence-corrected chi connectivity index (χ2v) is 8.39. The molecule has 0 bridgehead atoms. The molecule has 2 aromatic heterocycles. The number of aryl methyl sites for hydroxylation is 1. The molecule has 0 saturated carbocycles. The number of aromatic amines is 1. The van der Waals surface area contributed by atoms with Gasteiger partial charge in [-0.3, -0.25) is 4.79 Å². The molecule has 0 saturated heterocycles. The van der Waals surface area contributed by atoms with E-state index in [2.05, 4.69) is 10.3 Å². The minimum Gasteiger partial charge on any atom is -0.353 e. The predicted octanol–water partition coefficient (Wildman–Crippen LogP) is 7.36. The van der Waals surface area contributed by atoms with Gasteiger partial charge in [-0.2, -0.15) is 13.2 Å². The summed E-state index contributed by atoms with van der Waals surface area (Å²) < 4.78 is 38.8. The highest BCUT2D eigenvalue weighted by molar-refractivity contribution is 5.92. The maximum atomic E-state index is 12.9. The summed E-state index contributed by atoms with van der Waals surface area (Å²) >= 11 is 0. The average molecular weight is 473 g/mol. The molecule has 35 heavy (non-hydrogen) atoms. The van der Waals surface area contributed by atoms with Crippen molar-refractivity contribution in [3.63, 3.8) is 0 Å². The number of benzene rings is 3. The fourth-order valence-corrected chi connectivity index (χ4v) is 4.31. The number of carbonyl (C=O) groups excluding carboxylic acids is 1. The molecule has 176 valence electrons. The van der Waals surface area contributed by atoms with Gasteiger partial charge in [0.1, 0.15) is 0 Å². The zero-order valence-corrected chi connectivity index (χ0v) is 18.7. The first-order chi connectivity index (χ1) is 16.9. The number of rotatable bonds is 6. The number of pyridine rings is 1. The van der Waals surface area contributed by atoms with E-state index < -0.39 is 11.7 Å². The lowest BCUT2D eigenvalue weighted by molar-refractivity contribution is -0.137. The number of hydrogen-bond donors (Lipinski definition) is 2. The fraction of sp³-hybridized carbons (Fsp3) is 0.143. The maximum Gasteiger partial charge on any atom is 0.416 e. The molecule has 7 heteroatoms. The molecule has 0 atom stereocenters. The lowest BCUT2D eigenvalue weighted by atomic mass is 10.0. The zero-order chi connectivity index (χ0) is 24.4. The largest absolute Gasteiger partial charge is 0.416 e. The molecule has 0 spiro atoms. The van der Waals surface area contributed by atoms with Crippen molar-refractivity contribution in [2.75, 3.05) is 5.32 Å². The van der Waals surface area contributed by atoms with Gasteiger partial charge in [-0.15, -0.1) is 0 Å². The maximum absolute atomic E-state index is 12.9. The number of carbonyl (C=O) groups is 1. The number of amides is 1. The van der Waals surface area contributed by atoms with Crippen LogP contribution >= 0.6 is 0 Å². The van der Waals surface area contributed by atoms with Gasteiger partial charge in [0.05, 0.1) is 22.5 Å². The highest BCUT2D eigenvalue weighted by atomic mass is 19.4. The van der Waals surface area contributed by atoms with Crippen molar-refractivity contribution in [3.8, 4) is 11.4 Å². The number of fused-ring (bicyclic) bond motifs is 2. The first kappa shape index (κ1) is 22.7. The van der Waals surface area contributed by atoms with Crippen molar-refractivity contribution < 1.29 is 18.0 Å². The van der Waals surface area contributed by atoms with Crippen molar-refractivity contribution in [1.82, 2.24) is 9.97 Å². The van der Waals surface area contributed by atoms with Crippen LogP contribution in [0.25, 0.3) is 33.2 Å². The topological polar surface area (TPSA) is 57.8 Å². The number of H-pyrrole nitrogens is 1. The standard InChI is InChI=1S/C28H22F3N3O/c29-28(30,31)19-8-5-9-20(17-19)32-26(35)14-6-11-22-21-10-2-4-13-24(21)34-27(22)25-16-15-18-7-1-3-12-23(18)33-25/h1-5,7-10,12-13,15-17,34H,6,11,14H2,(H,32,35). The van der Waals surface area contributed by atoms with Crippen LogP contribution in [0.3, 0.4) is 0 Å². The van der Waals surface area contributed by atoms with Crippen molar-refractivity contribution in [3.05, 3.63) is 96.1 Å². The Morgan fingerprint density at radius 3 is 2.57 bits per heavy atom. The summed E-state index contributed by atoms with van der Waals surface area (Å²) in [5, 5.41) is 4.70. The van der Waals surface area contributed by atoms with Gasteiger partial charge in [-0.25, -0.2) is 4.98 Å². The number of aromatic nitrogens is 2. The normalized spacial score (nSPS) is 11.7. The summed E-state index contributed by atoms with van der Waals surface area (Å²) in [6.07, 6.45) is -3.12. The molecule has 0 aliphatic carbocycles. The highest BCUT2D eigenvalue weighted by Crippen LogP contribution is 2.32. The van der Waals surface area contributed by atoms with Gasteiger partial charge in [-0.05, 0) is 54.8 Å². The molecule has 5 aromatic rings. The van der Waals surface area contributed by atoms with Crippen LogP contribution in [-0.4, -0.2) is 15.9 Å². The number of nitrogens with zero attached hydrogens (tertiary/aromatic N) is 1. The van der Waals surface area contributed by atoms with Gasteiger partial charge in [-0.1, -0.05) is 48.5 Å². The summed E-state index contributed by atoms with van der Waals surface area (Å²) in [5.41, 5.74) is 4.03. The summed E-state index contributed by atoms with van der Waals surface area (Å²) in [4.78, 5) is 20.8. The Balaban J connectivity index is 1.34. The Morgan fingerprint density at radius 2 is 1.71 bits per heavy atom. The zero-order valence-electron chi connectivity index (χ0n) is 18.7. The molecule has 3 aromatic carbocycles. The van der Waals surface area contributed by atoms with E-state index in [9.17, 15) is 18.0 Å². The van der Waals surface area contributed by atoms with E-state index in [0.29, 0.717) is 12.8 Å². The second kappa shape index (κ2) is 9.25. The Kier molecular flexibility index (Phi) is 5.99. The van der Waals surface area contributed by atoms with E-state index in [4.69, 9.17) is 4.98 Å². The van der Waals surface area contributed by atoms with Crippen LogP contribution in [0.1, 0.15) is 24.0 Å². The minimum absolute atomic E-state index is 0.137. The molecule has 0 unspecified atom stereocenters. The number of halogens is 3. The third kappa shape index (κ3) is 4.89. The van der Waals surface area contributed by atoms with Gasteiger partial charge >= 0.3 is 6.18 Å². The lowest BCUT2D eigenvalue weighted by Crippen LogP contribution is -2.13. The van der Waals surface area contributed by atoms with Crippen LogP contribution < -0.4 is 5.32 Å². The molecule has 5 rings (SSSR count). The van der Waals surface area contributed by atoms with Crippen LogP contribution in [0, 0.1) is 0 Å². The first-order valence-electron chi connectivity index (χ1n) is 11.3. The van der Waals surface area contributed by atoms with Crippen LogP contribution in [0.2, 0.25) is 0 Å². The summed E-state index contributed by atoms with van der Waals surface area (Å²) in [5.74, 6) is -0.324. The Hall–Kier alpha value is -4.13. The lowest BCUT2D eigenvalue weighted by Gasteiger charge is -2.10. The average Bonchev–Trinajstić information content (AvgIpc) is 3.22. The molecule has 1 amide bonds. The quantitative estimate of drug-likeness (QED) is 0.271. The Labute approximate surface area is 199 Å². The number of nitrogens with one attached hydrogen (secondary N) is 2. The van der Waals surface area contributed by atoms with Gasteiger partial charge < -0.3 is 10.3 Å². The van der Waals surface area contributed by atoms with Crippen LogP contribution in [0.4, 0.5) is 18.9 Å². The van der Waals surface area contributed by atoms with Gasteiger partial charge in [0.15, 0.2) is 0 Å². The Bertz CT molecular complexity index is 1520. The number of hydrogen-bond acceptors (Lipinski definition) is 2. The molecule has 0 aliphatic heterocycles. The molecule has 2 N–H and O–H groups in total. The monoisotopic (exact) mass is 473 g/mol. The molecule has 0 radical (unpaired) electrons. The van der Waals surface area contributed by atoms with Gasteiger partial charge in [0.2, 0.25) is 5.91 Å². The third-order valence-electron chi connectivity index (χ3n) is 5.97. The fourth-order valence-electron chi connectivity index (χ4n) is 4.31. The molecule has 2 heterocycles. The molecular weight excluding hydrogens is 451 g/mol. The molecule has 4 nitrogen and oxygen atoms in total. The van der Waals surface area contributed by atoms with Crippen molar-refractivity contribution in [1.29, 1.82) is 0 Å². The summed E-state index contributed by atoms with van der Waals surface area (Å²) in [6, 6.07) is 24.6. The van der Waals surface area contributed by atoms with Crippen molar-refractivity contribution in [2.45, 2.75) is 25.4 Å². The minimum atomic E-state index is -4.46. The first-order valence-corrected chi connectivity index (χ1v) is 11.3. The Morgan fingerprint density at radius 1 is 0.914 bits per heavy atom. The second-order valence-electron chi connectivity index (χ2n) is 8.39. The van der Waals surface area contributed by atoms with E-state index in [1.807, 2.05) is 60.7 Å². The van der Waals surface area contributed by atoms with E-state index >= 15 is 0 Å². The van der Waals surface area contributed by atoms with Gasteiger partial charge in [0, 0.05) is 28.4 Å².